The Hall–Kier alpha value is -2.21. The van der Waals surface area contributed by atoms with Crippen molar-refractivity contribution in [3.8, 4) is 17.2 Å². The average Bonchev–Trinajstić information content (AvgIpc) is 3.08. The summed E-state index contributed by atoms with van der Waals surface area (Å²) in [6, 6.07) is 7.66. The van der Waals surface area contributed by atoms with Crippen molar-refractivity contribution in [2.45, 2.75) is 51.0 Å². The summed E-state index contributed by atoms with van der Waals surface area (Å²) in [7, 11) is 1.38. The van der Waals surface area contributed by atoms with Crippen molar-refractivity contribution >= 4 is 21.9 Å². The van der Waals surface area contributed by atoms with Crippen LogP contribution in [0.15, 0.2) is 24.3 Å². The molecule has 29 heavy (non-hydrogen) atoms. The molecular weight excluding hydrogens is 436 g/mol. The summed E-state index contributed by atoms with van der Waals surface area (Å²) >= 11 is 3.34. The second kappa shape index (κ2) is 8.27. The molecule has 0 aliphatic carbocycles. The van der Waals surface area contributed by atoms with Crippen molar-refractivity contribution in [1.29, 1.82) is 0 Å². The molecule has 6 heteroatoms. The number of phenolic OH excluding ortho intramolecular Hbond substituents is 1. The molecule has 2 aromatic carbocycles. The Balaban J connectivity index is 1.65. The zero-order chi connectivity index (χ0) is 21.3. The second-order valence-corrected chi connectivity index (χ2v) is 8.99. The van der Waals surface area contributed by atoms with Crippen molar-refractivity contribution in [1.82, 2.24) is 0 Å². The standard InChI is InChI=1S/C23H27BrO5/c1-13-14(2)21-18(15(3)20(13)25)11-23(4,29-21)12-28-17-8-6-16(7-9-17)10-19(24)22(26)27-5/h6-9,19,25H,10-12H2,1-5H3. The largest absolute Gasteiger partial charge is 0.507 e. The van der Waals surface area contributed by atoms with E-state index in [1.54, 1.807) is 0 Å². The fourth-order valence-electron chi connectivity index (χ4n) is 3.63. The van der Waals surface area contributed by atoms with Crippen LogP contribution in [0.25, 0.3) is 0 Å². The van der Waals surface area contributed by atoms with Crippen LogP contribution >= 0.6 is 15.9 Å². The molecule has 0 aromatic heterocycles. The van der Waals surface area contributed by atoms with Crippen molar-refractivity contribution in [2.24, 2.45) is 0 Å². The zero-order valence-electron chi connectivity index (χ0n) is 17.5. The summed E-state index contributed by atoms with van der Waals surface area (Å²) < 4.78 is 17.0. The van der Waals surface area contributed by atoms with Gasteiger partial charge >= 0.3 is 5.97 Å². The summed E-state index contributed by atoms with van der Waals surface area (Å²) in [4.78, 5) is 11.2. The molecule has 2 unspecified atom stereocenters. The third-order valence-corrected chi connectivity index (χ3v) is 6.28. The number of halogens is 1. The summed E-state index contributed by atoms with van der Waals surface area (Å²) in [5.41, 5.74) is 4.29. The third-order valence-electron chi connectivity index (χ3n) is 5.58. The molecular formula is C23H27BrO5. The molecule has 156 valence electrons. The Morgan fingerprint density at radius 2 is 1.86 bits per heavy atom. The number of ether oxygens (including phenoxy) is 3. The number of rotatable bonds is 6. The van der Waals surface area contributed by atoms with Gasteiger partial charge in [0, 0.05) is 12.0 Å². The summed E-state index contributed by atoms with van der Waals surface area (Å²) in [6.07, 6.45) is 1.23. The number of esters is 1. The van der Waals surface area contributed by atoms with Gasteiger partial charge in [-0.2, -0.15) is 0 Å². The number of carbonyl (C=O) groups excluding carboxylic acids is 1. The van der Waals surface area contributed by atoms with Gasteiger partial charge in [0.25, 0.3) is 0 Å². The van der Waals surface area contributed by atoms with Gasteiger partial charge in [0.2, 0.25) is 0 Å². The summed E-state index contributed by atoms with van der Waals surface area (Å²) in [6.45, 7) is 8.24. The van der Waals surface area contributed by atoms with Crippen LogP contribution in [0.1, 0.15) is 34.7 Å². The smallest absolute Gasteiger partial charge is 0.319 e. The molecule has 0 spiro atoms. The van der Waals surface area contributed by atoms with E-state index < -0.39 is 5.60 Å². The van der Waals surface area contributed by atoms with E-state index in [1.807, 2.05) is 52.0 Å². The molecule has 1 aliphatic heterocycles. The fraction of sp³-hybridized carbons (Fsp3) is 0.435. The number of methoxy groups -OCH3 is 1. The predicted molar refractivity (Wildman–Crippen MR) is 115 cm³/mol. The lowest BCUT2D eigenvalue weighted by Crippen LogP contribution is -2.37. The molecule has 0 amide bonds. The maximum atomic E-state index is 11.5. The van der Waals surface area contributed by atoms with E-state index in [0.29, 0.717) is 25.2 Å². The van der Waals surface area contributed by atoms with E-state index in [1.165, 1.54) is 7.11 Å². The van der Waals surface area contributed by atoms with Crippen LogP contribution in [-0.2, 0) is 22.4 Å². The van der Waals surface area contributed by atoms with Gasteiger partial charge in [-0.3, -0.25) is 4.79 Å². The van der Waals surface area contributed by atoms with Gasteiger partial charge in [-0.25, -0.2) is 0 Å². The minimum absolute atomic E-state index is 0.289. The molecule has 0 saturated heterocycles. The molecule has 0 saturated carbocycles. The Kier molecular flexibility index (Phi) is 6.13. The minimum Gasteiger partial charge on any atom is -0.507 e. The number of fused-ring (bicyclic) bond motifs is 1. The van der Waals surface area contributed by atoms with Crippen molar-refractivity contribution < 1.29 is 24.1 Å². The Bertz CT molecular complexity index is 883. The van der Waals surface area contributed by atoms with Crippen LogP contribution in [0.5, 0.6) is 17.2 Å². The molecule has 5 nitrogen and oxygen atoms in total. The molecule has 1 heterocycles. The van der Waals surface area contributed by atoms with E-state index >= 15 is 0 Å². The minimum atomic E-state index is -0.497. The first-order chi connectivity index (χ1) is 13.6. The number of benzene rings is 2. The first-order valence-electron chi connectivity index (χ1n) is 9.59. The quantitative estimate of drug-likeness (QED) is 0.503. The number of alkyl halides is 1. The normalized spacial score (nSPS) is 18.7. The highest BCUT2D eigenvalue weighted by molar-refractivity contribution is 9.10. The van der Waals surface area contributed by atoms with Gasteiger partial charge in [0.05, 0.1) is 7.11 Å². The lowest BCUT2D eigenvalue weighted by atomic mass is 9.93. The maximum absolute atomic E-state index is 11.5. The Morgan fingerprint density at radius 1 is 1.21 bits per heavy atom. The highest BCUT2D eigenvalue weighted by atomic mass is 79.9. The second-order valence-electron chi connectivity index (χ2n) is 7.89. The highest BCUT2D eigenvalue weighted by Gasteiger charge is 2.39. The number of hydrogen-bond donors (Lipinski definition) is 1. The van der Waals surface area contributed by atoms with Crippen LogP contribution in [0.4, 0.5) is 0 Å². The van der Waals surface area contributed by atoms with Gasteiger partial charge in [-0.1, -0.05) is 28.1 Å². The van der Waals surface area contributed by atoms with Crippen molar-refractivity contribution in [2.75, 3.05) is 13.7 Å². The van der Waals surface area contributed by atoms with Gasteiger partial charge < -0.3 is 19.3 Å². The van der Waals surface area contributed by atoms with E-state index in [4.69, 9.17) is 14.2 Å². The van der Waals surface area contributed by atoms with Crippen molar-refractivity contribution in [3.05, 3.63) is 52.1 Å². The highest BCUT2D eigenvalue weighted by Crippen LogP contribution is 2.45. The molecule has 0 fully saturated rings. The lowest BCUT2D eigenvalue weighted by Gasteiger charge is -2.24. The molecule has 0 radical (unpaired) electrons. The Morgan fingerprint density at radius 3 is 2.48 bits per heavy atom. The van der Waals surface area contributed by atoms with E-state index in [2.05, 4.69) is 15.9 Å². The number of phenols is 1. The molecule has 1 aliphatic rings. The van der Waals surface area contributed by atoms with Crippen LogP contribution in [0.3, 0.4) is 0 Å². The molecule has 0 bridgehead atoms. The van der Waals surface area contributed by atoms with Gasteiger partial charge in [0.15, 0.2) is 0 Å². The Labute approximate surface area is 180 Å². The topological polar surface area (TPSA) is 65.0 Å². The van der Waals surface area contributed by atoms with E-state index in [9.17, 15) is 9.90 Å². The van der Waals surface area contributed by atoms with E-state index in [-0.39, 0.29) is 10.8 Å². The van der Waals surface area contributed by atoms with Gasteiger partial charge in [-0.05, 0) is 68.5 Å². The molecule has 2 aromatic rings. The maximum Gasteiger partial charge on any atom is 0.319 e. The van der Waals surface area contributed by atoms with Crippen LogP contribution in [0, 0.1) is 20.8 Å². The van der Waals surface area contributed by atoms with Crippen LogP contribution in [0.2, 0.25) is 0 Å². The molecule has 1 N–H and O–H groups in total. The zero-order valence-corrected chi connectivity index (χ0v) is 19.1. The van der Waals surface area contributed by atoms with Crippen LogP contribution < -0.4 is 9.47 Å². The first kappa shape index (κ1) is 21.5. The van der Waals surface area contributed by atoms with Crippen molar-refractivity contribution in [3.63, 3.8) is 0 Å². The number of carbonyl (C=O) groups is 1. The molecule has 3 rings (SSSR count). The molecule has 2 atom stereocenters. The van der Waals surface area contributed by atoms with Gasteiger partial charge in [-0.15, -0.1) is 0 Å². The average molecular weight is 463 g/mol. The monoisotopic (exact) mass is 462 g/mol. The van der Waals surface area contributed by atoms with Crippen LogP contribution in [-0.4, -0.2) is 35.2 Å². The number of hydrogen-bond acceptors (Lipinski definition) is 5. The fourth-order valence-corrected chi connectivity index (χ4v) is 4.19. The SMILES string of the molecule is COC(=O)C(Br)Cc1ccc(OCC2(C)Cc3c(C)c(O)c(C)c(C)c3O2)cc1. The predicted octanol–water partition coefficient (Wildman–Crippen LogP) is 4.57. The first-order valence-corrected chi connectivity index (χ1v) is 10.5. The van der Waals surface area contributed by atoms with Gasteiger partial charge in [0.1, 0.15) is 34.3 Å². The van der Waals surface area contributed by atoms with E-state index in [0.717, 1.165) is 39.3 Å². The summed E-state index contributed by atoms with van der Waals surface area (Å²) in [5.74, 6) is 1.67. The number of aromatic hydroxyl groups is 1. The summed E-state index contributed by atoms with van der Waals surface area (Å²) in [5, 5.41) is 10.3. The third kappa shape index (κ3) is 4.37. The lowest BCUT2D eigenvalue weighted by molar-refractivity contribution is -0.139.